The summed E-state index contributed by atoms with van der Waals surface area (Å²) in [6, 6.07) is 5.80. The van der Waals surface area contributed by atoms with E-state index in [-0.39, 0.29) is 6.61 Å². The molecule has 1 aromatic carbocycles. The molecule has 5 heteroatoms. The Morgan fingerprint density at radius 3 is 2.22 bits per heavy atom. The first-order chi connectivity index (χ1) is 8.40. The minimum absolute atomic E-state index is 0.0461. The lowest BCUT2D eigenvalue weighted by atomic mass is 10.1. The van der Waals surface area contributed by atoms with Gasteiger partial charge in [0.1, 0.15) is 12.4 Å². The summed E-state index contributed by atoms with van der Waals surface area (Å²) in [7, 11) is 0. The average Bonchev–Trinajstić information content (AvgIpc) is 2.25. The van der Waals surface area contributed by atoms with Crippen molar-refractivity contribution < 1.29 is 22.6 Å². The summed E-state index contributed by atoms with van der Waals surface area (Å²) in [5.74, 6) is 0.799. The first-order valence-electron chi connectivity index (χ1n) is 5.73. The second-order valence-corrected chi connectivity index (χ2v) is 4.09. The molecule has 0 heterocycles. The van der Waals surface area contributed by atoms with Crippen molar-refractivity contribution >= 4 is 0 Å². The van der Waals surface area contributed by atoms with Gasteiger partial charge in [0.15, 0.2) is 0 Å². The largest absolute Gasteiger partial charge is 0.493 e. The highest BCUT2D eigenvalue weighted by Gasteiger charge is 2.27. The molecule has 1 aromatic rings. The number of hydrogen-bond acceptors (Lipinski definition) is 2. The predicted molar refractivity (Wildman–Crippen MR) is 62.9 cm³/mol. The molecule has 0 unspecified atom stereocenters. The monoisotopic (exact) mass is 262 g/mol. The molecule has 1 rings (SSSR count). The zero-order chi connectivity index (χ0) is 13.6. The molecule has 0 aliphatic heterocycles. The third-order valence-electron chi connectivity index (χ3n) is 2.35. The van der Waals surface area contributed by atoms with Crippen molar-refractivity contribution in [2.45, 2.75) is 26.4 Å². The van der Waals surface area contributed by atoms with Crippen molar-refractivity contribution in [1.29, 1.82) is 0 Å². The fraction of sp³-hybridized carbons (Fsp3) is 0.538. The van der Waals surface area contributed by atoms with Gasteiger partial charge in [-0.15, -0.1) is 0 Å². The summed E-state index contributed by atoms with van der Waals surface area (Å²) in [6.07, 6.45) is -3.82. The lowest BCUT2D eigenvalue weighted by molar-refractivity contribution is -0.174. The van der Waals surface area contributed by atoms with Crippen molar-refractivity contribution in [1.82, 2.24) is 0 Å². The van der Waals surface area contributed by atoms with Crippen LogP contribution in [0.1, 0.15) is 17.5 Å². The van der Waals surface area contributed by atoms with Gasteiger partial charge in [-0.1, -0.05) is 18.2 Å². The van der Waals surface area contributed by atoms with Crippen LogP contribution < -0.4 is 4.74 Å². The first-order valence-corrected chi connectivity index (χ1v) is 5.73. The number of halogens is 3. The predicted octanol–water partition coefficient (Wildman–Crippen LogP) is 3.65. The van der Waals surface area contributed by atoms with E-state index in [1.165, 1.54) is 0 Å². The third kappa shape index (κ3) is 5.40. The molecule has 102 valence electrons. The maximum absolute atomic E-state index is 11.8. The third-order valence-corrected chi connectivity index (χ3v) is 2.35. The number of ether oxygens (including phenoxy) is 2. The van der Waals surface area contributed by atoms with Gasteiger partial charge >= 0.3 is 6.18 Å². The van der Waals surface area contributed by atoms with Gasteiger partial charge < -0.3 is 9.47 Å². The Labute approximate surface area is 105 Å². The second kappa shape index (κ2) is 6.64. The molecule has 18 heavy (non-hydrogen) atoms. The van der Waals surface area contributed by atoms with E-state index in [1.807, 2.05) is 32.0 Å². The van der Waals surface area contributed by atoms with Crippen molar-refractivity contribution in [3.63, 3.8) is 0 Å². The van der Waals surface area contributed by atoms with Crippen LogP contribution in [-0.4, -0.2) is 26.0 Å². The standard InChI is InChI=1S/C13H17F3O2/c1-10-5-3-6-11(2)12(10)18-8-4-7-17-9-13(14,15)16/h3,5-6H,4,7-9H2,1-2H3. The highest BCUT2D eigenvalue weighted by Crippen LogP contribution is 2.22. The second-order valence-electron chi connectivity index (χ2n) is 4.09. The Hall–Kier alpha value is -1.23. The highest BCUT2D eigenvalue weighted by atomic mass is 19.4. The van der Waals surface area contributed by atoms with Crippen LogP contribution in [0.4, 0.5) is 13.2 Å². The van der Waals surface area contributed by atoms with E-state index < -0.39 is 12.8 Å². The smallest absolute Gasteiger partial charge is 0.411 e. The Bertz CT molecular complexity index is 355. The van der Waals surface area contributed by atoms with Crippen molar-refractivity contribution in [3.8, 4) is 5.75 Å². The maximum Gasteiger partial charge on any atom is 0.411 e. The minimum atomic E-state index is -4.26. The number of alkyl halides is 3. The maximum atomic E-state index is 11.8. The minimum Gasteiger partial charge on any atom is -0.493 e. The van der Waals surface area contributed by atoms with E-state index in [4.69, 9.17) is 4.74 Å². The van der Waals surface area contributed by atoms with E-state index >= 15 is 0 Å². The van der Waals surface area contributed by atoms with Crippen LogP contribution in [0, 0.1) is 13.8 Å². The Kier molecular flexibility index (Phi) is 5.47. The molecule has 0 saturated carbocycles. The van der Waals surface area contributed by atoms with E-state index in [2.05, 4.69) is 4.74 Å². The van der Waals surface area contributed by atoms with E-state index in [0.717, 1.165) is 16.9 Å². The van der Waals surface area contributed by atoms with Gasteiger partial charge in [0.05, 0.1) is 13.2 Å². The molecular formula is C13H17F3O2. The molecular weight excluding hydrogens is 245 g/mol. The molecule has 0 bridgehead atoms. The Morgan fingerprint density at radius 1 is 1.06 bits per heavy atom. The lowest BCUT2D eigenvalue weighted by Crippen LogP contribution is -2.18. The van der Waals surface area contributed by atoms with Gasteiger partial charge in [-0.25, -0.2) is 0 Å². The number of rotatable bonds is 6. The average molecular weight is 262 g/mol. The van der Waals surface area contributed by atoms with E-state index in [1.54, 1.807) is 0 Å². The molecule has 0 aliphatic carbocycles. The van der Waals surface area contributed by atoms with Crippen molar-refractivity contribution in [3.05, 3.63) is 29.3 Å². The Balaban J connectivity index is 2.22. The summed E-state index contributed by atoms with van der Waals surface area (Å²) >= 11 is 0. The van der Waals surface area contributed by atoms with Crippen LogP contribution in [0.15, 0.2) is 18.2 Å². The van der Waals surface area contributed by atoms with Crippen molar-refractivity contribution in [2.24, 2.45) is 0 Å². The molecule has 0 atom stereocenters. The quantitative estimate of drug-likeness (QED) is 0.728. The summed E-state index contributed by atoms with van der Waals surface area (Å²) < 4.78 is 45.4. The highest BCUT2D eigenvalue weighted by molar-refractivity contribution is 5.39. The molecule has 0 N–H and O–H groups in total. The summed E-state index contributed by atoms with van der Waals surface area (Å²) in [4.78, 5) is 0. The molecule has 0 spiro atoms. The molecule has 0 amide bonds. The Morgan fingerprint density at radius 2 is 1.67 bits per heavy atom. The van der Waals surface area contributed by atoms with Crippen molar-refractivity contribution in [2.75, 3.05) is 19.8 Å². The molecule has 0 fully saturated rings. The normalized spacial score (nSPS) is 11.6. The zero-order valence-electron chi connectivity index (χ0n) is 10.5. The van der Waals surface area contributed by atoms with Crippen LogP contribution in [0.25, 0.3) is 0 Å². The molecule has 0 radical (unpaired) electrons. The molecule has 0 saturated heterocycles. The van der Waals surface area contributed by atoms with E-state index in [9.17, 15) is 13.2 Å². The van der Waals surface area contributed by atoms with Crippen LogP contribution >= 0.6 is 0 Å². The molecule has 2 nitrogen and oxygen atoms in total. The van der Waals surface area contributed by atoms with Gasteiger partial charge in [-0.3, -0.25) is 0 Å². The van der Waals surface area contributed by atoms with Crippen LogP contribution in [0.5, 0.6) is 5.75 Å². The van der Waals surface area contributed by atoms with Crippen LogP contribution in [0.3, 0.4) is 0 Å². The van der Waals surface area contributed by atoms with Gasteiger partial charge in [-0.2, -0.15) is 13.2 Å². The number of para-hydroxylation sites is 1. The topological polar surface area (TPSA) is 18.5 Å². The number of aryl methyl sites for hydroxylation is 2. The fourth-order valence-corrected chi connectivity index (χ4v) is 1.55. The summed E-state index contributed by atoms with van der Waals surface area (Å²) in [5.41, 5.74) is 2.04. The summed E-state index contributed by atoms with van der Waals surface area (Å²) in [6.45, 7) is 3.06. The van der Waals surface area contributed by atoms with Gasteiger partial charge in [0.25, 0.3) is 0 Å². The zero-order valence-corrected chi connectivity index (χ0v) is 10.5. The number of hydrogen-bond donors (Lipinski definition) is 0. The van der Waals surface area contributed by atoms with Gasteiger partial charge in [-0.05, 0) is 25.0 Å². The fourth-order valence-electron chi connectivity index (χ4n) is 1.55. The van der Waals surface area contributed by atoms with Crippen LogP contribution in [0.2, 0.25) is 0 Å². The van der Waals surface area contributed by atoms with Gasteiger partial charge in [0, 0.05) is 6.42 Å². The molecule has 0 aliphatic rings. The lowest BCUT2D eigenvalue weighted by Gasteiger charge is -2.12. The molecule has 0 aromatic heterocycles. The first kappa shape index (κ1) is 14.8. The number of benzene rings is 1. The van der Waals surface area contributed by atoms with Gasteiger partial charge in [0.2, 0.25) is 0 Å². The van der Waals surface area contributed by atoms with E-state index in [0.29, 0.717) is 13.0 Å². The van der Waals surface area contributed by atoms with Crippen LogP contribution in [-0.2, 0) is 4.74 Å². The SMILES string of the molecule is Cc1cccc(C)c1OCCCOCC(F)(F)F. The summed E-state index contributed by atoms with van der Waals surface area (Å²) in [5, 5.41) is 0.